The van der Waals surface area contributed by atoms with Gasteiger partial charge in [0.05, 0.1) is 11.8 Å². The zero-order valence-corrected chi connectivity index (χ0v) is 14.7. The van der Waals surface area contributed by atoms with Crippen LogP contribution in [0.15, 0.2) is 36.5 Å². The smallest absolute Gasteiger partial charge is 0.270 e. The predicted molar refractivity (Wildman–Crippen MR) is 97.2 cm³/mol. The molecule has 1 saturated carbocycles. The first kappa shape index (κ1) is 17.2. The molecular weight excluding hydrogens is 316 g/mol. The summed E-state index contributed by atoms with van der Waals surface area (Å²) in [5.74, 6) is 0.949. The predicted octanol–water partition coefficient (Wildman–Crippen LogP) is 3.68. The molecular formula is C19H24N4O2. The molecule has 6 heteroatoms. The molecule has 0 unspecified atom stereocenters. The fraction of sp³-hybridized carbons (Fsp3) is 0.421. The molecule has 1 heterocycles. The number of nitrogens with zero attached hydrogens (tertiary/aromatic N) is 2. The van der Waals surface area contributed by atoms with Gasteiger partial charge in [-0.1, -0.05) is 25.0 Å². The highest BCUT2D eigenvalue weighted by Crippen LogP contribution is 2.27. The molecule has 0 aliphatic heterocycles. The Balaban J connectivity index is 1.72. The van der Waals surface area contributed by atoms with Gasteiger partial charge in [-0.25, -0.2) is 9.97 Å². The molecule has 1 aromatic heterocycles. The third-order valence-corrected chi connectivity index (χ3v) is 4.07. The van der Waals surface area contributed by atoms with Crippen molar-refractivity contribution in [3.63, 3.8) is 0 Å². The third-order valence-electron chi connectivity index (χ3n) is 4.07. The van der Waals surface area contributed by atoms with Crippen molar-refractivity contribution in [1.29, 1.82) is 0 Å². The summed E-state index contributed by atoms with van der Waals surface area (Å²) in [6.07, 6.45) is 6.09. The van der Waals surface area contributed by atoms with Gasteiger partial charge < -0.3 is 15.4 Å². The number of carbonyl (C=O) groups excluding carboxylic acids is 1. The minimum absolute atomic E-state index is 0.0624. The van der Waals surface area contributed by atoms with E-state index in [9.17, 15) is 4.79 Å². The highest BCUT2D eigenvalue weighted by atomic mass is 16.5. The van der Waals surface area contributed by atoms with Crippen molar-refractivity contribution in [3.05, 3.63) is 42.2 Å². The zero-order valence-electron chi connectivity index (χ0n) is 14.7. The van der Waals surface area contributed by atoms with Crippen molar-refractivity contribution in [2.24, 2.45) is 0 Å². The number of anilines is 2. The van der Waals surface area contributed by atoms with Gasteiger partial charge in [0.1, 0.15) is 11.4 Å². The number of ether oxygens (including phenoxy) is 1. The SMILES string of the molecule is CC(C)Oc1ccccc1Nc1nccc(C(=O)NC2CCCC2)n1. The number of nitrogens with one attached hydrogen (secondary N) is 2. The minimum Gasteiger partial charge on any atom is -0.489 e. The molecule has 0 spiro atoms. The Morgan fingerprint density at radius 2 is 1.96 bits per heavy atom. The first-order valence-corrected chi connectivity index (χ1v) is 8.78. The van der Waals surface area contributed by atoms with Gasteiger partial charge in [-0.3, -0.25) is 4.79 Å². The molecule has 1 fully saturated rings. The average molecular weight is 340 g/mol. The van der Waals surface area contributed by atoms with Crippen LogP contribution in [0, 0.1) is 0 Å². The van der Waals surface area contributed by atoms with E-state index in [-0.39, 0.29) is 18.1 Å². The largest absolute Gasteiger partial charge is 0.489 e. The Hall–Kier alpha value is -2.63. The van der Waals surface area contributed by atoms with Gasteiger partial charge >= 0.3 is 0 Å². The van der Waals surface area contributed by atoms with E-state index in [1.165, 1.54) is 12.8 Å². The Bertz CT molecular complexity index is 727. The van der Waals surface area contributed by atoms with E-state index in [2.05, 4.69) is 20.6 Å². The van der Waals surface area contributed by atoms with Crippen LogP contribution in [0.5, 0.6) is 5.75 Å². The Morgan fingerprint density at radius 3 is 2.72 bits per heavy atom. The van der Waals surface area contributed by atoms with Crippen molar-refractivity contribution >= 4 is 17.5 Å². The van der Waals surface area contributed by atoms with Crippen LogP contribution in [-0.2, 0) is 0 Å². The fourth-order valence-electron chi connectivity index (χ4n) is 2.92. The van der Waals surface area contributed by atoms with Crippen LogP contribution in [0.25, 0.3) is 0 Å². The molecule has 0 radical (unpaired) electrons. The topological polar surface area (TPSA) is 76.1 Å². The maximum Gasteiger partial charge on any atom is 0.270 e. The first-order chi connectivity index (χ1) is 12.1. The van der Waals surface area contributed by atoms with Gasteiger partial charge in [0.2, 0.25) is 5.95 Å². The number of amides is 1. The molecule has 0 atom stereocenters. The summed E-state index contributed by atoms with van der Waals surface area (Å²) < 4.78 is 5.79. The summed E-state index contributed by atoms with van der Waals surface area (Å²) in [5.41, 5.74) is 1.14. The van der Waals surface area contributed by atoms with E-state index in [1.54, 1.807) is 12.3 Å². The van der Waals surface area contributed by atoms with E-state index in [4.69, 9.17) is 4.74 Å². The molecule has 0 saturated heterocycles. The monoisotopic (exact) mass is 340 g/mol. The van der Waals surface area contributed by atoms with E-state index >= 15 is 0 Å². The normalized spacial score (nSPS) is 14.5. The second-order valence-electron chi connectivity index (χ2n) is 6.51. The van der Waals surface area contributed by atoms with Crippen LogP contribution in [-0.4, -0.2) is 28.0 Å². The lowest BCUT2D eigenvalue weighted by atomic mass is 10.2. The fourth-order valence-corrected chi connectivity index (χ4v) is 2.92. The van der Waals surface area contributed by atoms with Crippen LogP contribution in [0.3, 0.4) is 0 Å². The van der Waals surface area contributed by atoms with Crippen molar-refractivity contribution in [3.8, 4) is 5.75 Å². The Kier molecular flexibility index (Phi) is 5.48. The molecule has 3 rings (SSSR count). The Labute approximate surface area is 148 Å². The van der Waals surface area contributed by atoms with Gasteiger partial charge in [-0.2, -0.15) is 0 Å². The van der Waals surface area contributed by atoms with E-state index < -0.39 is 0 Å². The van der Waals surface area contributed by atoms with Crippen LogP contribution >= 0.6 is 0 Å². The number of hydrogen-bond donors (Lipinski definition) is 2. The standard InChI is InChI=1S/C19H24N4O2/c1-13(2)25-17-10-6-5-9-15(17)22-19-20-12-11-16(23-19)18(24)21-14-7-3-4-8-14/h5-6,9-14H,3-4,7-8H2,1-2H3,(H,21,24)(H,20,22,23). The molecule has 25 heavy (non-hydrogen) atoms. The quantitative estimate of drug-likeness (QED) is 0.839. The summed E-state index contributed by atoms with van der Waals surface area (Å²) in [5, 5.41) is 6.18. The summed E-state index contributed by atoms with van der Waals surface area (Å²) >= 11 is 0. The van der Waals surface area contributed by atoms with Gasteiger partial charge in [0.15, 0.2) is 0 Å². The second-order valence-corrected chi connectivity index (χ2v) is 6.51. The lowest BCUT2D eigenvalue weighted by Gasteiger charge is -2.15. The summed E-state index contributed by atoms with van der Waals surface area (Å²) in [6.45, 7) is 3.95. The summed E-state index contributed by atoms with van der Waals surface area (Å²) in [4.78, 5) is 20.9. The van der Waals surface area contributed by atoms with Crippen molar-refractivity contribution < 1.29 is 9.53 Å². The third kappa shape index (κ3) is 4.68. The van der Waals surface area contributed by atoms with Gasteiger partial charge in [-0.05, 0) is 44.9 Å². The summed E-state index contributed by atoms with van der Waals surface area (Å²) in [7, 11) is 0. The van der Waals surface area contributed by atoms with Crippen LogP contribution < -0.4 is 15.4 Å². The molecule has 1 aliphatic rings. The number of hydrogen-bond acceptors (Lipinski definition) is 5. The summed E-state index contributed by atoms with van der Waals surface area (Å²) in [6, 6.07) is 9.50. The second kappa shape index (κ2) is 7.96. The van der Waals surface area contributed by atoms with E-state index in [0.29, 0.717) is 11.6 Å². The van der Waals surface area contributed by atoms with Gasteiger partial charge in [0.25, 0.3) is 5.91 Å². The van der Waals surface area contributed by atoms with Crippen molar-refractivity contribution in [2.45, 2.75) is 51.7 Å². The molecule has 1 amide bonds. The van der Waals surface area contributed by atoms with Crippen LogP contribution in [0.4, 0.5) is 11.6 Å². The van der Waals surface area contributed by atoms with E-state index in [1.807, 2.05) is 38.1 Å². The maximum absolute atomic E-state index is 12.4. The molecule has 2 aromatic rings. The lowest BCUT2D eigenvalue weighted by Crippen LogP contribution is -2.33. The average Bonchev–Trinajstić information content (AvgIpc) is 3.09. The number of rotatable bonds is 6. The first-order valence-electron chi connectivity index (χ1n) is 8.78. The number of carbonyl (C=O) groups is 1. The van der Waals surface area contributed by atoms with Crippen LogP contribution in [0.2, 0.25) is 0 Å². The van der Waals surface area contributed by atoms with Crippen molar-refractivity contribution in [1.82, 2.24) is 15.3 Å². The molecule has 6 nitrogen and oxygen atoms in total. The maximum atomic E-state index is 12.4. The Morgan fingerprint density at radius 1 is 1.20 bits per heavy atom. The molecule has 1 aromatic carbocycles. The lowest BCUT2D eigenvalue weighted by molar-refractivity contribution is 0.0933. The van der Waals surface area contributed by atoms with Gasteiger partial charge in [0, 0.05) is 12.2 Å². The molecule has 132 valence electrons. The highest BCUT2D eigenvalue weighted by molar-refractivity contribution is 5.92. The zero-order chi connectivity index (χ0) is 17.6. The van der Waals surface area contributed by atoms with Crippen molar-refractivity contribution in [2.75, 3.05) is 5.32 Å². The van der Waals surface area contributed by atoms with Crippen LogP contribution in [0.1, 0.15) is 50.0 Å². The van der Waals surface area contributed by atoms with E-state index in [0.717, 1.165) is 24.3 Å². The highest BCUT2D eigenvalue weighted by Gasteiger charge is 2.19. The van der Waals surface area contributed by atoms with Gasteiger partial charge in [-0.15, -0.1) is 0 Å². The number of aromatic nitrogens is 2. The minimum atomic E-state index is -0.149. The number of para-hydroxylation sites is 2. The molecule has 0 bridgehead atoms. The molecule has 2 N–H and O–H groups in total. The number of benzene rings is 1. The molecule has 1 aliphatic carbocycles.